The van der Waals surface area contributed by atoms with Crippen LogP contribution in [0.3, 0.4) is 0 Å². The van der Waals surface area contributed by atoms with Crippen LogP contribution < -0.4 is 0 Å². The molecule has 0 saturated heterocycles. The molecule has 4 nitrogen and oxygen atoms in total. The lowest BCUT2D eigenvalue weighted by Gasteiger charge is -2.30. The second kappa shape index (κ2) is 7.56. The van der Waals surface area contributed by atoms with Crippen molar-refractivity contribution in [2.45, 2.75) is 32.4 Å². The van der Waals surface area contributed by atoms with Crippen molar-refractivity contribution in [2.24, 2.45) is 0 Å². The fourth-order valence-corrected chi connectivity index (χ4v) is 2.55. The molecule has 0 spiro atoms. The maximum absolute atomic E-state index is 5.55. The van der Waals surface area contributed by atoms with Crippen LogP contribution in [-0.2, 0) is 6.54 Å². The second-order valence-electron chi connectivity index (χ2n) is 6.44. The van der Waals surface area contributed by atoms with Crippen molar-refractivity contribution >= 4 is 0 Å². The van der Waals surface area contributed by atoms with Gasteiger partial charge in [-0.15, -0.1) is 0 Å². The van der Waals surface area contributed by atoms with Crippen molar-refractivity contribution in [2.75, 3.05) is 27.7 Å². The van der Waals surface area contributed by atoms with Gasteiger partial charge in [0.25, 0.3) is 0 Å². The Labute approximate surface area is 133 Å². The smallest absolute Gasteiger partial charge is 0.196 e. The summed E-state index contributed by atoms with van der Waals surface area (Å²) in [5, 5.41) is 0. The highest BCUT2D eigenvalue weighted by Gasteiger charge is 2.19. The highest BCUT2D eigenvalue weighted by Crippen LogP contribution is 2.22. The first-order valence-electron chi connectivity index (χ1n) is 7.81. The molecule has 0 N–H and O–H groups in total. The summed E-state index contributed by atoms with van der Waals surface area (Å²) in [6.45, 7) is 5.94. The normalized spacial score (nSPS) is 13.3. The van der Waals surface area contributed by atoms with E-state index in [2.05, 4.69) is 80.1 Å². The average Bonchev–Trinajstić information content (AvgIpc) is 2.94. The number of hydrogen-bond donors (Lipinski definition) is 0. The van der Waals surface area contributed by atoms with E-state index in [0.717, 1.165) is 24.7 Å². The molecule has 0 aliphatic rings. The molecule has 0 fully saturated rings. The molecule has 120 valence electrons. The molecule has 1 aromatic carbocycles. The average molecular weight is 301 g/mol. The molecule has 1 heterocycles. The monoisotopic (exact) mass is 301 g/mol. The predicted molar refractivity (Wildman–Crippen MR) is 89.8 cm³/mol. The summed E-state index contributed by atoms with van der Waals surface area (Å²) in [7, 11) is 6.36. The van der Waals surface area contributed by atoms with E-state index in [4.69, 9.17) is 4.42 Å². The fourth-order valence-electron chi connectivity index (χ4n) is 2.55. The molecule has 0 amide bonds. The first-order valence-corrected chi connectivity index (χ1v) is 7.81. The van der Waals surface area contributed by atoms with E-state index in [1.807, 2.05) is 0 Å². The molecular weight excluding hydrogens is 274 g/mol. The van der Waals surface area contributed by atoms with Crippen molar-refractivity contribution in [3.63, 3.8) is 0 Å². The Morgan fingerprint density at radius 2 is 1.77 bits per heavy atom. The van der Waals surface area contributed by atoms with Crippen molar-refractivity contribution < 1.29 is 4.42 Å². The number of aromatic nitrogens is 1. The Morgan fingerprint density at radius 3 is 2.32 bits per heavy atom. The lowest BCUT2D eigenvalue weighted by Crippen LogP contribution is -2.32. The van der Waals surface area contributed by atoms with Gasteiger partial charge in [0.05, 0.1) is 5.69 Å². The van der Waals surface area contributed by atoms with Crippen molar-refractivity contribution in [1.29, 1.82) is 0 Å². The van der Waals surface area contributed by atoms with Crippen LogP contribution in [0.25, 0.3) is 0 Å². The van der Waals surface area contributed by atoms with E-state index >= 15 is 0 Å². The van der Waals surface area contributed by atoms with E-state index in [1.165, 1.54) is 5.56 Å². The summed E-state index contributed by atoms with van der Waals surface area (Å²) in [5.41, 5.74) is 2.32. The Morgan fingerprint density at radius 1 is 1.09 bits per heavy atom. The summed E-state index contributed by atoms with van der Waals surface area (Å²) in [5.74, 6) is 1.14. The summed E-state index contributed by atoms with van der Waals surface area (Å²) < 4.78 is 5.55. The summed E-state index contributed by atoms with van der Waals surface area (Å²) in [6.07, 6.45) is 1.78. The molecule has 0 unspecified atom stereocenters. The molecule has 0 bridgehead atoms. The van der Waals surface area contributed by atoms with Gasteiger partial charge in [-0.3, -0.25) is 4.90 Å². The third-order valence-corrected chi connectivity index (χ3v) is 3.73. The minimum absolute atomic E-state index is 0.325. The number of rotatable bonds is 7. The van der Waals surface area contributed by atoms with E-state index in [1.54, 1.807) is 6.26 Å². The Bertz CT molecular complexity index is 563. The molecule has 1 aromatic heterocycles. The van der Waals surface area contributed by atoms with E-state index < -0.39 is 0 Å². The third kappa shape index (κ3) is 4.42. The maximum atomic E-state index is 5.55. The van der Waals surface area contributed by atoms with Crippen LogP contribution in [0.15, 0.2) is 41.0 Å². The molecule has 22 heavy (non-hydrogen) atoms. The van der Waals surface area contributed by atoms with E-state index in [9.17, 15) is 0 Å². The summed E-state index contributed by atoms with van der Waals surface area (Å²) >= 11 is 0. The molecule has 2 aromatic rings. The van der Waals surface area contributed by atoms with E-state index in [0.29, 0.717) is 12.0 Å². The highest BCUT2D eigenvalue weighted by atomic mass is 16.3. The lowest BCUT2D eigenvalue weighted by atomic mass is 10.1. The molecule has 1 atom stereocenters. The highest BCUT2D eigenvalue weighted by molar-refractivity contribution is 5.19. The van der Waals surface area contributed by atoms with Crippen LogP contribution in [0.2, 0.25) is 0 Å². The van der Waals surface area contributed by atoms with Crippen molar-refractivity contribution in [3.8, 4) is 0 Å². The molecule has 0 radical (unpaired) electrons. The molecule has 2 rings (SSSR count). The maximum Gasteiger partial charge on any atom is 0.196 e. The third-order valence-electron chi connectivity index (χ3n) is 3.73. The molecule has 4 heteroatoms. The standard InChI is InChI=1S/C18H27N3O/c1-14(2)18-19-16(13-22-18)11-21(5)17(12-20(3)4)15-9-7-6-8-10-15/h6-10,13-14,17H,11-12H2,1-5H3/t17-/m0/s1. The zero-order valence-corrected chi connectivity index (χ0v) is 14.3. The van der Waals surface area contributed by atoms with Gasteiger partial charge in [-0.25, -0.2) is 4.98 Å². The van der Waals surface area contributed by atoms with Gasteiger partial charge in [-0.1, -0.05) is 44.2 Å². The number of benzene rings is 1. The van der Waals surface area contributed by atoms with Crippen LogP contribution >= 0.6 is 0 Å². The number of hydrogen-bond acceptors (Lipinski definition) is 4. The van der Waals surface area contributed by atoms with Crippen LogP contribution in [0, 0.1) is 0 Å². The first kappa shape index (κ1) is 16.7. The van der Waals surface area contributed by atoms with Gasteiger partial charge in [-0.05, 0) is 26.7 Å². The van der Waals surface area contributed by atoms with Crippen LogP contribution in [0.4, 0.5) is 0 Å². The SMILES string of the molecule is CC(C)c1nc(CN(C)[C@@H](CN(C)C)c2ccccc2)co1. The van der Waals surface area contributed by atoms with Gasteiger partial charge in [0, 0.05) is 25.0 Å². The molecule has 0 aliphatic heterocycles. The lowest BCUT2D eigenvalue weighted by molar-refractivity contribution is 0.188. The topological polar surface area (TPSA) is 32.5 Å². The summed E-state index contributed by atoms with van der Waals surface area (Å²) in [6, 6.07) is 11.0. The zero-order chi connectivity index (χ0) is 16.1. The molecular formula is C18H27N3O. The predicted octanol–water partition coefficient (Wildman–Crippen LogP) is 3.53. The van der Waals surface area contributed by atoms with Crippen LogP contribution in [0.5, 0.6) is 0 Å². The zero-order valence-electron chi connectivity index (χ0n) is 14.3. The van der Waals surface area contributed by atoms with Gasteiger partial charge in [0.2, 0.25) is 0 Å². The number of likely N-dealkylation sites (N-methyl/N-ethyl adjacent to an activating group) is 2. The minimum Gasteiger partial charge on any atom is -0.448 e. The molecule has 0 saturated carbocycles. The van der Waals surface area contributed by atoms with Gasteiger partial charge in [0.15, 0.2) is 5.89 Å². The summed E-state index contributed by atoms with van der Waals surface area (Å²) in [4.78, 5) is 9.13. The van der Waals surface area contributed by atoms with Gasteiger partial charge >= 0.3 is 0 Å². The fraction of sp³-hybridized carbons (Fsp3) is 0.500. The quantitative estimate of drug-likeness (QED) is 0.783. The Hall–Kier alpha value is -1.65. The van der Waals surface area contributed by atoms with E-state index in [-0.39, 0.29) is 0 Å². The van der Waals surface area contributed by atoms with Crippen molar-refractivity contribution in [3.05, 3.63) is 53.7 Å². The van der Waals surface area contributed by atoms with Crippen LogP contribution in [-0.4, -0.2) is 42.5 Å². The Balaban J connectivity index is 2.12. The minimum atomic E-state index is 0.325. The second-order valence-corrected chi connectivity index (χ2v) is 6.44. The Kier molecular flexibility index (Phi) is 5.75. The van der Waals surface area contributed by atoms with Crippen molar-refractivity contribution in [1.82, 2.24) is 14.8 Å². The largest absolute Gasteiger partial charge is 0.448 e. The number of nitrogens with zero attached hydrogens (tertiary/aromatic N) is 3. The molecule has 0 aliphatic carbocycles. The van der Waals surface area contributed by atoms with Crippen LogP contribution in [0.1, 0.15) is 43.0 Å². The van der Waals surface area contributed by atoms with Gasteiger partial charge < -0.3 is 9.32 Å². The van der Waals surface area contributed by atoms with Gasteiger partial charge in [0.1, 0.15) is 6.26 Å². The van der Waals surface area contributed by atoms with Gasteiger partial charge in [-0.2, -0.15) is 0 Å². The number of oxazole rings is 1. The first-order chi connectivity index (χ1) is 10.5.